The number of nitrogens with zero attached hydrogens (tertiary/aromatic N) is 2. The van der Waals surface area contributed by atoms with Gasteiger partial charge in [-0.2, -0.15) is 0 Å². The fourth-order valence-electron chi connectivity index (χ4n) is 4.99. The minimum Gasteiger partial charge on any atom is -0.355 e. The van der Waals surface area contributed by atoms with E-state index in [9.17, 15) is 9.59 Å². The third kappa shape index (κ3) is 4.58. The Bertz CT molecular complexity index is 976. The Labute approximate surface area is 200 Å². The first kappa shape index (κ1) is 24.4. The summed E-state index contributed by atoms with van der Waals surface area (Å²) >= 11 is 6.22. The van der Waals surface area contributed by atoms with Gasteiger partial charge in [-0.15, -0.1) is 12.4 Å². The van der Waals surface area contributed by atoms with Gasteiger partial charge in [0, 0.05) is 54.4 Å². The van der Waals surface area contributed by atoms with Crippen molar-refractivity contribution in [1.29, 1.82) is 0 Å². The normalized spacial score (nSPS) is 23.1. The summed E-state index contributed by atoms with van der Waals surface area (Å²) in [4.78, 5) is 28.9. The quantitative estimate of drug-likeness (QED) is 0.678. The smallest absolute Gasteiger partial charge is 0.324 e. The van der Waals surface area contributed by atoms with E-state index >= 15 is 0 Å². The number of anilines is 1. The summed E-state index contributed by atoms with van der Waals surface area (Å²) in [7, 11) is 1.60. The van der Waals surface area contributed by atoms with Gasteiger partial charge in [-0.25, -0.2) is 4.79 Å². The molecule has 8 heteroatoms. The lowest BCUT2D eigenvalue weighted by Crippen LogP contribution is -2.46. The van der Waals surface area contributed by atoms with Gasteiger partial charge < -0.3 is 16.0 Å². The van der Waals surface area contributed by atoms with E-state index < -0.39 is 0 Å². The molecule has 2 aromatic carbocycles. The molecule has 0 atom stereocenters. The van der Waals surface area contributed by atoms with Gasteiger partial charge in [0.1, 0.15) is 0 Å². The molecule has 3 amide bonds. The molecule has 1 aliphatic heterocycles. The number of hydrogen-bond acceptors (Lipinski definition) is 3. The Morgan fingerprint density at radius 2 is 1.88 bits per heavy atom. The van der Waals surface area contributed by atoms with E-state index in [1.54, 1.807) is 24.1 Å². The maximum Gasteiger partial charge on any atom is 0.324 e. The number of hydrogen-bond donors (Lipinski definition) is 2. The van der Waals surface area contributed by atoms with Crippen molar-refractivity contribution >= 4 is 41.6 Å². The number of amides is 3. The van der Waals surface area contributed by atoms with Crippen molar-refractivity contribution in [3.8, 4) is 0 Å². The fourth-order valence-corrected chi connectivity index (χ4v) is 5.18. The van der Waals surface area contributed by atoms with Crippen molar-refractivity contribution < 1.29 is 9.59 Å². The molecule has 0 aromatic heterocycles. The highest BCUT2D eigenvalue weighted by molar-refractivity contribution is 6.30. The maximum atomic E-state index is 13.2. The van der Waals surface area contributed by atoms with Crippen LogP contribution in [0, 0.1) is 0 Å². The maximum absolute atomic E-state index is 13.2. The zero-order valence-electron chi connectivity index (χ0n) is 18.2. The minimum atomic E-state index is -0.156. The number of urea groups is 1. The van der Waals surface area contributed by atoms with Crippen LogP contribution in [0.3, 0.4) is 0 Å². The molecule has 4 rings (SSSR count). The van der Waals surface area contributed by atoms with Gasteiger partial charge in [-0.3, -0.25) is 9.69 Å². The van der Waals surface area contributed by atoms with Gasteiger partial charge in [0.25, 0.3) is 5.91 Å². The van der Waals surface area contributed by atoms with Crippen molar-refractivity contribution in [3.05, 3.63) is 64.7 Å². The predicted octanol–water partition coefficient (Wildman–Crippen LogP) is 4.20. The van der Waals surface area contributed by atoms with Gasteiger partial charge in [0.05, 0.1) is 0 Å². The van der Waals surface area contributed by atoms with E-state index in [0.717, 1.165) is 36.4 Å². The molecule has 172 valence electrons. The summed E-state index contributed by atoms with van der Waals surface area (Å²) in [6, 6.07) is 15.5. The van der Waals surface area contributed by atoms with Crippen LogP contribution in [0.2, 0.25) is 5.02 Å². The summed E-state index contributed by atoms with van der Waals surface area (Å²) in [5.74, 6) is -0.156. The molecular weight excluding hydrogens is 447 g/mol. The van der Waals surface area contributed by atoms with Crippen molar-refractivity contribution in [2.75, 3.05) is 31.6 Å². The zero-order chi connectivity index (χ0) is 22.0. The SMILES string of the molecule is CNC(=O)c1cccc(N2CCN([C@H]3CC[C@](CN)(c4cccc(Cl)c4)CC3)C2=O)c1.Cl. The minimum absolute atomic E-state index is 0. The summed E-state index contributed by atoms with van der Waals surface area (Å²) < 4.78 is 0. The first-order chi connectivity index (χ1) is 15.0. The molecule has 2 fully saturated rings. The summed E-state index contributed by atoms with van der Waals surface area (Å²) in [5.41, 5.74) is 8.67. The van der Waals surface area contributed by atoms with E-state index in [1.165, 1.54) is 5.56 Å². The van der Waals surface area contributed by atoms with Crippen LogP contribution in [-0.2, 0) is 5.41 Å². The van der Waals surface area contributed by atoms with E-state index in [-0.39, 0.29) is 35.8 Å². The van der Waals surface area contributed by atoms with Gasteiger partial charge in [-0.05, 0) is 61.6 Å². The molecule has 0 radical (unpaired) electrons. The lowest BCUT2D eigenvalue weighted by molar-refractivity contribution is 0.0963. The van der Waals surface area contributed by atoms with Crippen LogP contribution in [-0.4, -0.2) is 49.6 Å². The van der Waals surface area contributed by atoms with Crippen LogP contribution in [0.1, 0.15) is 41.6 Å². The van der Waals surface area contributed by atoms with Crippen molar-refractivity contribution in [3.63, 3.8) is 0 Å². The second kappa shape index (κ2) is 10.1. The third-order valence-electron chi connectivity index (χ3n) is 6.87. The highest BCUT2D eigenvalue weighted by atomic mass is 35.5. The monoisotopic (exact) mass is 476 g/mol. The Kier molecular flexibility index (Phi) is 7.70. The lowest BCUT2D eigenvalue weighted by Gasteiger charge is -2.42. The van der Waals surface area contributed by atoms with Gasteiger partial charge in [-0.1, -0.05) is 29.8 Å². The topological polar surface area (TPSA) is 78.7 Å². The van der Waals surface area contributed by atoms with Crippen LogP contribution in [0.5, 0.6) is 0 Å². The molecule has 1 aliphatic carbocycles. The van der Waals surface area contributed by atoms with Crippen LogP contribution < -0.4 is 16.0 Å². The molecule has 2 aliphatic rings. The average molecular weight is 477 g/mol. The van der Waals surface area contributed by atoms with Crippen molar-refractivity contribution in [2.24, 2.45) is 5.73 Å². The van der Waals surface area contributed by atoms with Crippen LogP contribution in [0.15, 0.2) is 48.5 Å². The van der Waals surface area contributed by atoms with E-state index in [0.29, 0.717) is 25.2 Å². The number of rotatable bonds is 5. The molecule has 3 N–H and O–H groups in total. The van der Waals surface area contributed by atoms with Crippen LogP contribution in [0.25, 0.3) is 0 Å². The predicted molar refractivity (Wildman–Crippen MR) is 131 cm³/mol. The molecule has 6 nitrogen and oxygen atoms in total. The van der Waals surface area contributed by atoms with E-state index in [4.69, 9.17) is 17.3 Å². The van der Waals surface area contributed by atoms with Crippen LogP contribution >= 0.6 is 24.0 Å². The summed E-state index contributed by atoms with van der Waals surface area (Å²) in [6.07, 6.45) is 3.71. The molecule has 0 unspecified atom stereocenters. The Morgan fingerprint density at radius 1 is 1.16 bits per heavy atom. The first-order valence-corrected chi connectivity index (χ1v) is 11.2. The second-order valence-electron chi connectivity index (χ2n) is 8.48. The number of nitrogens with two attached hydrogens (primary N) is 1. The van der Waals surface area contributed by atoms with Crippen LogP contribution in [0.4, 0.5) is 10.5 Å². The zero-order valence-corrected chi connectivity index (χ0v) is 19.8. The van der Waals surface area contributed by atoms with Gasteiger partial charge in [0.2, 0.25) is 0 Å². The third-order valence-corrected chi connectivity index (χ3v) is 7.10. The summed E-state index contributed by atoms with van der Waals surface area (Å²) in [5, 5.41) is 3.36. The van der Waals surface area contributed by atoms with E-state index in [1.807, 2.05) is 35.2 Å². The Hall–Kier alpha value is -2.28. The number of halogens is 2. The first-order valence-electron chi connectivity index (χ1n) is 10.8. The highest BCUT2D eigenvalue weighted by Crippen LogP contribution is 2.41. The standard InChI is InChI=1S/C24H29ClN4O2.ClH/c1-27-22(30)17-4-2-7-21(14-17)29-13-12-28(23(29)31)20-8-10-24(16-26,11-9-20)18-5-3-6-19(25)15-18;/h2-7,14-15,20H,8-13,16,26H2,1H3,(H,27,30);1H/t20-,24-;. The average Bonchev–Trinajstić information content (AvgIpc) is 3.20. The molecule has 0 bridgehead atoms. The molecule has 1 saturated heterocycles. The number of carbonyl (C=O) groups is 2. The van der Waals surface area contributed by atoms with Crippen molar-refractivity contribution in [1.82, 2.24) is 10.2 Å². The Morgan fingerprint density at radius 3 is 2.53 bits per heavy atom. The largest absolute Gasteiger partial charge is 0.355 e. The number of nitrogens with one attached hydrogen (secondary N) is 1. The number of benzene rings is 2. The van der Waals surface area contributed by atoms with Gasteiger partial charge >= 0.3 is 6.03 Å². The highest BCUT2D eigenvalue weighted by Gasteiger charge is 2.41. The Balaban J connectivity index is 0.00000289. The van der Waals surface area contributed by atoms with Gasteiger partial charge in [0.15, 0.2) is 0 Å². The fraction of sp³-hybridized carbons (Fsp3) is 0.417. The molecule has 32 heavy (non-hydrogen) atoms. The van der Waals surface area contributed by atoms with Crippen molar-refractivity contribution in [2.45, 2.75) is 37.1 Å². The molecule has 2 aromatic rings. The molecule has 0 spiro atoms. The molecule has 1 heterocycles. The second-order valence-corrected chi connectivity index (χ2v) is 8.92. The lowest BCUT2D eigenvalue weighted by atomic mass is 9.68. The molecule has 1 saturated carbocycles. The number of carbonyl (C=O) groups excluding carboxylic acids is 2. The molecular formula is C24H30Cl2N4O2. The van der Waals surface area contributed by atoms with E-state index in [2.05, 4.69) is 11.4 Å². The summed E-state index contributed by atoms with van der Waals surface area (Å²) in [6.45, 7) is 1.90.